The summed E-state index contributed by atoms with van der Waals surface area (Å²) in [5.74, 6) is -5.18. The van der Waals surface area contributed by atoms with E-state index in [9.17, 15) is 23.6 Å². The Morgan fingerprint density at radius 1 is 1.16 bits per heavy atom. The zero-order valence-electron chi connectivity index (χ0n) is 16.6. The summed E-state index contributed by atoms with van der Waals surface area (Å²) in [4.78, 5) is 53.0. The number of nitrogens with two attached hydrogens (primary N) is 1. The van der Waals surface area contributed by atoms with Crippen molar-refractivity contribution < 1.29 is 23.6 Å². The van der Waals surface area contributed by atoms with Gasteiger partial charge in [-0.1, -0.05) is 29.8 Å². The van der Waals surface area contributed by atoms with Crippen molar-refractivity contribution in [1.29, 1.82) is 0 Å². The molecule has 4 N–H and O–H groups in total. The maximum atomic E-state index is 14.1. The minimum Gasteiger partial charge on any atom is -0.370 e. The van der Waals surface area contributed by atoms with Gasteiger partial charge in [0.2, 0.25) is 23.6 Å². The fourth-order valence-corrected chi connectivity index (χ4v) is 5.37. The molecule has 0 aromatic heterocycles. The van der Waals surface area contributed by atoms with Crippen molar-refractivity contribution in [1.82, 2.24) is 10.2 Å². The monoisotopic (exact) mass is 456 g/mol. The lowest BCUT2D eigenvalue weighted by molar-refractivity contribution is -0.143. The van der Waals surface area contributed by atoms with Gasteiger partial charge in [-0.3, -0.25) is 29.4 Å². The average Bonchev–Trinajstić information content (AvgIpc) is 3.30. The molecule has 2 aromatic carbocycles. The van der Waals surface area contributed by atoms with Crippen LogP contribution in [0.3, 0.4) is 0 Å². The lowest BCUT2D eigenvalue weighted by Gasteiger charge is -2.29. The number of imide groups is 1. The van der Waals surface area contributed by atoms with E-state index in [2.05, 4.69) is 10.6 Å². The molecular weight excluding hydrogens is 439 g/mol. The van der Waals surface area contributed by atoms with Crippen molar-refractivity contribution in [2.24, 2.45) is 17.6 Å². The smallest absolute Gasteiger partial charge is 0.250 e. The molecule has 3 aliphatic rings. The molecule has 0 bridgehead atoms. The zero-order chi connectivity index (χ0) is 22.8. The molecule has 8 nitrogen and oxygen atoms in total. The number of rotatable bonds is 4. The number of nitrogens with one attached hydrogen (secondary N) is 2. The molecule has 2 fully saturated rings. The molecular formula is C22H18ClFN4O4. The number of fused-ring (bicyclic) bond motifs is 4. The van der Waals surface area contributed by atoms with Crippen LogP contribution in [-0.2, 0) is 31.3 Å². The molecule has 10 heteroatoms. The first-order valence-corrected chi connectivity index (χ1v) is 10.4. The van der Waals surface area contributed by atoms with E-state index in [4.69, 9.17) is 17.3 Å². The highest BCUT2D eigenvalue weighted by Gasteiger charge is 2.70. The predicted molar refractivity (Wildman–Crippen MR) is 111 cm³/mol. The molecule has 164 valence electrons. The summed E-state index contributed by atoms with van der Waals surface area (Å²) in [5.41, 5.74) is 4.83. The molecule has 4 atom stereocenters. The molecule has 3 aliphatic heterocycles. The van der Waals surface area contributed by atoms with Crippen LogP contribution in [0.5, 0.6) is 0 Å². The van der Waals surface area contributed by atoms with Gasteiger partial charge in [0.25, 0.3) is 0 Å². The molecule has 2 saturated heterocycles. The van der Waals surface area contributed by atoms with Crippen LogP contribution in [0.1, 0.15) is 17.5 Å². The van der Waals surface area contributed by atoms with Gasteiger partial charge >= 0.3 is 0 Å². The quantitative estimate of drug-likeness (QED) is 0.598. The third-order valence-electron chi connectivity index (χ3n) is 6.48. The van der Waals surface area contributed by atoms with Crippen molar-refractivity contribution in [3.8, 4) is 0 Å². The van der Waals surface area contributed by atoms with Gasteiger partial charge < -0.3 is 11.1 Å². The van der Waals surface area contributed by atoms with E-state index in [1.807, 2.05) is 0 Å². The molecule has 2 aromatic rings. The number of primary amides is 1. The number of hydrogen-bond acceptors (Lipinski definition) is 5. The normalized spacial score (nSPS) is 28.2. The largest absolute Gasteiger partial charge is 0.370 e. The lowest BCUT2D eigenvalue weighted by Crippen LogP contribution is -2.53. The molecule has 4 amide bonds. The Hall–Kier alpha value is -3.30. The van der Waals surface area contributed by atoms with Gasteiger partial charge in [0, 0.05) is 28.7 Å². The van der Waals surface area contributed by atoms with Crippen LogP contribution < -0.4 is 16.4 Å². The van der Waals surface area contributed by atoms with E-state index in [1.165, 1.54) is 18.2 Å². The molecule has 0 radical (unpaired) electrons. The van der Waals surface area contributed by atoms with Gasteiger partial charge in [-0.25, -0.2) is 4.39 Å². The van der Waals surface area contributed by atoms with Crippen LogP contribution in [0.2, 0.25) is 5.02 Å². The summed E-state index contributed by atoms with van der Waals surface area (Å²) in [7, 11) is 0. The number of anilines is 1. The average molecular weight is 457 g/mol. The maximum Gasteiger partial charge on any atom is 0.250 e. The first-order valence-electron chi connectivity index (χ1n) is 10.00. The third-order valence-corrected chi connectivity index (χ3v) is 6.84. The van der Waals surface area contributed by atoms with Gasteiger partial charge in [0.1, 0.15) is 11.4 Å². The standard InChI is InChI=1S/C22H18ClFN4O4/c23-13-4-2-1-3-10(13)9-28-19(30)17-15(8-16(25)29)27-22(18(17)20(28)31)12-7-11(24)5-6-14(12)26-21(22)32/h1-7,15,17-18,27H,8-9H2,(H2,25,29)(H,26,32)/t15-,17+,18-,22+/m0/s1. The highest BCUT2D eigenvalue weighted by atomic mass is 35.5. The number of carbonyl (C=O) groups is 4. The van der Waals surface area contributed by atoms with E-state index in [0.29, 0.717) is 16.3 Å². The summed E-state index contributed by atoms with van der Waals surface area (Å²) >= 11 is 6.22. The highest BCUT2D eigenvalue weighted by Crippen LogP contribution is 2.53. The topological polar surface area (TPSA) is 122 Å². The van der Waals surface area contributed by atoms with E-state index >= 15 is 0 Å². The molecule has 1 spiro atoms. The van der Waals surface area contributed by atoms with Crippen LogP contribution in [0.15, 0.2) is 42.5 Å². The number of benzene rings is 2. The number of amides is 4. The molecule has 0 aliphatic carbocycles. The summed E-state index contributed by atoms with van der Waals surface area (Å²) in [5, 5.41) is 6.07. The Kier molecular flexibility index (Phi) is 4.58. The summed E-state index contributed by atoms with van der Waals surface area (Å²) < 4.78 is 14.1. The van der Waals surface area contributed by atoms with Crippen molar-refractivity contribution in [2.75, 3.05) is 5.32 Å². The van der Waals surface area contributed by atoms with Gasteiger partial charge in [0.15, 0.2) is 0 Å². The number of hydrogen-bond donors (Lipinski definition) is 3. The van der Waals surface area contributed by atoms with Crippen LogP contribution in [-0.4, -0.2) is 34.6 Å². The van der Waals surface area contributed by atoms with Crippen molar-refractivity contribution in [2.45, 2.75) is 24.5 Å². The molecule has 32 heavy (non-hydrogen) atoms. The van der Waals surface area contributed by atoms with Crippen molar-refractivity contribution in [3.63, 3.8) is 0 Å². The van der Waals surface area contributed by atoms with Gasteiger partial charge in [-0.15, -0.1) is 0 Å². The first-order chi connectivity index (χ1) is 15.2. The van der Waals surface area contributed by atoms with Crippen LogP contribution in [0, 0.1) is 17.7 Å². The van der Waals surface area contributed by atoms with Gasteiger partial charge in [-0.2, -0.15) is 0 Å². The Morgan fingerprint density at radius 3 is 2.62 bits per heavy atom. The van der Waals surface area contributed by atoms with E-state index in [1.54, 1.807) is 24.3 Å². The minimum atomic E-state index is -1.69. The molecule has 5 rings (SSSR count). The highest BCUT2D eigenvalue weighted by molar-refractivity contribution is 6.31. The van der Waals surface area contributed by atoms with E-state index < -0.39 is 52.9 Å². The second-order valence-corrected chi connectivity index (χ2v) is 8.64. The summed E-state index contributed by atoms with van der Waals surface area (Å²) in [6.07, 6.45) is -0.264. The minimum absolute atomic E-state index is 0.0820. The Balaban J connectivity index is 1.62. The lowest BCUT2D eigenvalue weighted by atomic mass is 9.76. The van der Waals surface area contributed by atoms with Crippen molar-refractivity contribution in [3.05, 3.63) is 64.4 Å². The maximum absolute atomic E-state index is 14.1. The molecule has 0 unspecified atom stereocenters. The van der Waals surface area contributed by atoms with Gasteiger partial charge in [-0.05, 0) is 29.8 Å². The number of carbonyl (C=O) groups excluding carboxylic acids is 4. The first kappa shape index (κ1) is 20.6. The summed E-state index contributed by atoms with van der Waals surface area (Å²) in [6.45, 7) is -0.0820. The van der Waals surface area contributed by atoms with Gasteiger partial charge in [0.05, 0.1) is 18.4 Å². The van der Waals surface area contributed by atoms with E-state index in [0.717, 1.165) is 4.90 Å². The number of halogens is 2. The fraction of sp³-hybridized carbons (Fsp3) is 0.273. The number of likely N-dealkylation sites (tertiary alicyclic amines) is 1. The fourth-order valence-electron chi connectivity index (χ4n) is 5.18. The van der Waals surface area contributed by atoms with Crippen LogP contribution in [0.4, 0.5) is 10.1 Å². The van der Waals surface area contributed by atoms with Crippen LogP contribution >= 0.6 is 11.6 Å². The molecule has 0 saturated carbocycles. The summed E-state index contributed by atoms with van der Waals surface area (Å²) in [6, 6.07) is 9.68. The van der Waals surface area contributed by atoms with Crippen molar-refractivity contribution >= 4 is 40.9 Å². The number of nitrogens with zero attached hydrogens (tertiary/aromatic N) is 1. The molecule has 3 heterocycles. The third kappa shape index (κ3) is 2.78. The van der Waals surface area contributed by atoms with E-state index in [-0.39, 0.29) is 18.5 Å². The second-order valence-electron chi connectivity index (χ2n) is 8.23. The second kappa shape index (κ2) is 7.11. The Bertz CT molecular complexity index is 1200. The van der Waals surface area contributed by atoms with Crippen LogP contribution in [0.25, 0.3) is 0 Å². The Labute approximate surface area is 186 Å². The Morgan fingerprint density at radius 2 is 1.91 bits per heavy atom. The predicted octanol–water partition coefficient (Wildman–Crippen LogP) is 1.28. The SMILES string of the molecule is NC(=O)C[C@@H]1N[C@@]2(C(=O)Nc3ccc(F)cc32)[C@@H]2C(=O)N(Cc3ccccc3Cl)C(=O)[C@H]12. The zero-order valence-corrected chi connectivity index (χ0v) is 17.4.